The molecule has 0 saturated carbocycles. The SMILES string of the molecule is CCCCSC(=NCC)NC(=O)N(C)C(C)C. The van der Waals surface area contributed by atoms with E-state index in [1.807, 2.05) is 20.8 Å². The second-order valence-corrected chi connectivity index (χ2v) is 5.20. The van der Waals surface area contributed by atoms with Gasteiger partial charge in [-0.25, -0.2) is 4.79 Å². The first-order valence-electron chi connectivity index (χ1n) is 6.23. The van der Waals surface area contributed by atoms with E-state index in [2.05, 4.69) is 17.2 Å². The zero-order valence-corrected chi connectivity index (χ0v) is 12.4. The second-order valence-electron chi connectivity index (χ2n) is 4.12. The Morgan fingerprint density at radius 2 is 2.06 bits per heavy atom. The molecule has 0 unspecified atom stereocenters. The summed E-state index contributed by atoms with van der Waals surface area (Å²) < 4.78 is 0. The second kappa shape index (κ2) is 9.33. The molecule has 0 spiro atoms. The van der Waals surface area contributed by atoms with E-state index >= 15 is 0 Å². The molecule has 17 heavy (non-hydrogen) atoms. The molecule has 5 heteroatoms. The topological polar surface area (TPSA) is 44.7 Å². The maximum absolute atomic E-state index is 11.8. The minimum atomic E-state index is -0.0869. The van der Waals surface area contributed by atoms with Crippen LogP contribution in [0.3, 0.4) is 0 Å². The molecule has 4 nitrogen and oxygen atoms in total. The normalized spacial score (nSPS) is 11.8. The third kappa shape index (κ3) is 7.26. The van der Waals surface area contributed by atoms with Gasteiger partial charge in [0.15, 0.2) is 5.17 Å². The van der Waals surface area contributed by atoms with Crippen molar-refractivity contribution >= 4 is 23.0 Å². The predicted molar refractivity (Wildman–Crippen MR) is 76.8 cm³/mol. The monoisotopic (exact) mass is 259 g/mol. The van der Waals surface area contributed by atoms with Gasteiger partial charge in [-0.15, -0.1) is 0 Å². The summed E-state index contributed by atoms with van der Waals surface area (Å²) in [6, 6.07) is 0.106. The van der Waals surface area contributed by atoms with Crippen LogP contribution in [0.25, 0.3) is 0 Å². The number of hydrogen-bond donors (Lipinski definition) is 1. The van der Waals surface area contributed by atoms with Gasteiger partial charge in [-0.05, 0) is 27.2 Å². The lowest BCUT2D eigenvalue weighted by atomic mass is 10.4. The third-order valence-corrected chi connectivity index (χ3v) is 3.34. The molecule has 0 aromatic rings. The first-order valence-corrected chi connectivity index (χ1v) is 7.22. The van der Waals surface area contributed by atoms with Crippen molar-refractivity contribution in [2.75, 3.05) is 19.3 Å². The number of amidine groups is 1. The van der Waals surface area contributed by atoms with Crippen molar-refractivity contribution in [3.05, 3.63) is 0 Å². The van der Waals surface area contributed by atoms with E-state index in [-0.39, 0.29) is 12.1 Å². The van der Waals surface area contributed by atoms with Crippen LogP contribution in [0.1, 0.15) is 40.5 Å². The maximum atomic E-state index is 11.8. The fourth-order valence-corrected chi connectivity index (χ4v) is 2.00. The highest BCUT2D eigenvalue weighted by molar-refractivity contribution is 8.13. The van der Waals surface area contributed by atoms with Gasteiger partial charge in [-0.2, -0.15) is 0 Å². The van der Waals surface area contributed by atoms with Gasteiger partial charge in [0, 0.05) is 25.4 Å². The minimum absolute atomic E-state index is 0.0869. The summed E-state index contributed by atoms with van der Waals surface area (Å²) >= 11 is 1.62. The number of rotatable bonds is 5. The summed E-state index contributed by atoms with van der Waals surface area (Å²) in [6.07, 6.45) is 2.30. The van der Waals surface area contributed by atoms with Crippen LogP contribution in [0.5, 0.6) is 0 Å². The lowest BCUT2D eigenvalue weighted by Gasteiger charge is -2.22. The van der Waals surface area contributed by atoms with Gasteiger partial charge in [-0.1, -0.05) is 25.1 Å². The minimum Gasteiger partial charge on any atom is -0.325 e. The number of nitrogens with zero attached hydrogens (tertiary/aromatic N) is 2. The van der Waals surface area contributed by atoms with Crippen molar-refractivity contribution in [2.45, 2.75) is 46.6 Å². The van der Waals surface area contributed by atoms with Crippen molar-refractivity contribution in [1.29, 1.82) is 0 Å². The van der Waals surface area contributed by atoms with E-state index < -0.39 is 0 Å². The Balaban J connectivity index is 4.25. The zero-order valence-electron chi connectivity index (χ0n) is 11.6. The highest BCUT2D eigenvalue weighted by Crippen LogP contribution is 2.07. The van der Waals surface area contributed by atoms with E-state index in [9.17, 15) is 4.79 Å². The molecule has 0 fully saturated rings. The Bertz CT molecular complexity index is 254. The molecule has 0 atom stereocenters. The number of amides is 2. The highest BCUT2D eigenvalue weighted by Gasteiger charge is 2.13. The summed E-state index contributed by atoms with van der Waals surface area (Å²) in [5.74, 6) is 1.00. The summed E-state index contributed by atoms with van der Waals surface area (Å²) in [7, 11) is 1.79. The van der Waals surface area contributed by atoms with Crippen molar-refractivity contribution in [2.24, 2.45) is 4.99 Å². The van der Waals surface area contributed by atoms with Crippen LogP contribution in [0.15, 0.2) is 4.99 Å². The average molecular weight is 259 g/mol. The largest absolute Gasteiger partial charge is 0.325 e. The standard InChI is InChI=1S/C12H25N3OS/c1-6-8-9-17-11(13-7-2)14-12(16)15(5)10(3)4/h10H,6-9H2,1-5H3,(H,13,14,16). The molecule has 1 N–H and O–H groups in total. The molecule has 0 rings (SSSR count). The van der Waals surface area contributed by atoms with Crippen LogP contribution in [0, 0.1) is 0 Å². The number of urea groups is 1. The number of aliphatic imine (C=N–C) groups is 1. The number of carbonyl (C=O) groups excluding carboxylic acids is 1. The van der Waals surface area contributed by atoms with Crippen molar-refractivity contribution in [3.63, 3.8) is 0 Å². The number of carbonyl (C=O) groups is 1. The molecule has 0 aromatic heterocycles. The smallest absolute Gasteiger partial charge is 0.323 e. The first kappa shape index (κ1) is 16.3. The summed E-state index contributed by atoms with van der Waals surface area (Å²) in [4.78, 5) is 17.8. The van der Waals surface area contributed by atoms with Gasteiger partial charge < -0.3 is 4.90 Å². The lowest BCUT2D eigenvalue weighted by molar-refractivity contribution is 0.203. The van der Waals surface area contributed by atoms with Gasteiger partial charge in [0.1, 0.15) is 0 Å². The van der Waals surface area contributed by atoms with E-state index in [1.54, 1.807) is 23.7 Å². The van der Waals surface area contributed by atoms with Crippen molar-refractivity contribution in [3.8, 4) is 0 Å². The Morgan fingerprint density at radius 1 is 1.41 bits per heavy atom. The Hall–Kier alpha value is -0.710. The summed E-state index contributed by atoms with van der Waals surface area (Å²) in [6.45, 7) is 8.79. The molecule has 0 aliphatic carbocycles. The van der Waals surface area contributed by atoms with Crippen molar-refractivity contribution in [1.82, 2.24) is 10.2 Å². The third-order valence-electron chi connectivity index (χ3n) is 2.35. The molecule has 0 bridgehead atoms. The van der Waals surface area contributed by atoms with E-state index in [4.69, 9.17) is 0 Å². The molecule has 100 valence electrons. The molecule has 0 saturated heterocycles. The average Bonchev–Trinajstić information content (AvgIpc) is 2.28. The molecular weight excluding hydrogens is 234 g/mol. The Labute approximate surface area is 109 Å². The predicted octanol–water partition coefficient (Wildman–Crippen LogP) is 2.95. The Morgan fingerprint density at radius 3 is 2.53 bits per heavy atom. The van der Waals surface area contributed by atoms with Crippen LogP contribution in [0.2, 0.25) is 0 Å². The molecule has 0 heterocycles. The molecule has 0 aliphatic rings. The van der Waals surface area contributed by atoms with Crippen LogP contribution < -0.4 is 5.32 Å². The quantitative estimate of drug-likeness (QED) is 0.469. The molecule has 0 aromatic carbocycles. The van der Waals surface area contributed by atoms with Gasteiger partial charge in [0.05, 0.1) is 0 Å². The maximum Gasteiger partial charge on any atom is 0.323 e. The molecule has 0 aliphatic heterocycles. The van der Waals surface area contributed by atoms with Gasteiger partial charge in [0.2, 0.25) is 0 Å². The number of thioether (sulfide) groups is 1. The van der Waals surface area contributed by atoms with Gasteiger partial charge in [0.25, 0.3) is 0 Å². The molecular formula is C12H25N3OS. The fraction of sp³-hybridized carbons (Fsp3) is 0.833. The summed E-state index contributed by atoms with van der Waals surface area (Å²) in [5, 5.41) is 3.59. The van der Waals surface area contributed by atoms with E-state index in [0.29, 0.717) is 6.54 Å². The van der Waals surface area contributed by atoms with Gasteiger partial charge in [-0.3, -0.25) is 10.3 Å². The molecule has 2 amide bonds. The van der Waals surface area contributed by atoms with Crippen molar-refractivity contribution < 1.29 is 4.79 Å². The zero-order chi connectivity index (χ0) is 13.3. The Kier molecular flexibility index (Phi) is 8.94. The number of hydrogen-bond acceptors (Lipinski definition) is 3. The van der Waals surface area contributed by atoms with Crippen LogP contribution in [-0.2, 0) is 0 Å². The number of nitrogens with one attached hydrogen (secondary N) is 1. The van der Waals surface area contributed by atoms with Gasteiger partial charge >= 0.3 is 6.03 Å². The fourth-order valence-electron chi connectivity index (χ4n) is 0.992. The summed E-state index contributed by atoms with van der Waals surface area (Å²) in [5.41, 5.74) is 0. The van der Waals surface area contributed by atoms with E-state index in [0.717, 1.165) is 23.8 Å². The van der Waals surface area contributed by atoms with E-state index in [1.165, 1.54) is 0 Å². The van der Waals surface area contributed by atoms with Crippen LogP contribution in [-0.4, -0.2) is 41.5 Å². The number of unbranched alkanes of at least 4 members (excludes halogenated alkanes) is 1. The van der Waals surface area contributed by atoms with Crippen LogP contribution >= 0.6 is 11.8 Å². The lowest BCUT2D eigenvalue weighted by Crippen LogP contribution is -2.43. The molecule has 0 radical (unpaired) electrons. The van der Waals surface area contributed by atoms with Crippen LogP contribution in [0.4, 0.5) is 4.79 Å². The first-order chi connectivity index (χ1) is 8.02. The highest BCUT2D eigenvalue weighted by atomic mass is 32.2.